The maximum atomic E-state index is 6.63. The van der Waals surface area contributed by atoms with E-state index in [1.807, 2.05) is 0 Å². The van der Waals surface area contributed by atoms with E-state index in [1.54, 1.807) is 0 Å². The highest BCUT2D eigenvalue weighted by Gasteiger charge is 2.49. The maximum Gasteiger partial charge on any atom is 0.261 e. The second kappa shape index (κ2) is 7.62. The Morgan fingerprint density at radius 2 is 1.35 bits per heavy atom. The second-order valence-electron chi connectivity index (χ2n) is 6.55. The van der Waals surface area contributed by atoms with E-state index in [-0.39, 0.29) is 5.04 Å². The summed E-state index contributed by atoms with van der Waals surface area (Å²) in [5.41, 5.74) is 0. The first-order valence-corrected chi connectivity index (χ1v) is 9.91. The zero-order chi connectivity index (χ0) is 16.8. The molecule has 0 amide bonds. The van der Waals surface area contributed by atoms with Gasteiger partial charge in [-0.1, -0.05) is 88.0 Å². The van der Waals surface area contributed by atoms with Crippen LogP contribution in [0.1, 0.15) is 20.8 Å². The quantitative estimate of drug-likeness (QED) is 0.438. The Morgan fingerprint density at radius 3 is 1.74 bits per heavy atom. The Bertz CT molecular complexity index is 563. The fourth-order valence-corrected chi connectivity index (χ4v) is 7.63. The number of ether oxygens (including phenoxy) is 1. The minimum absolute atomic E-state index is 0.00385. The first-order valence-electron chi connectivity index (χ1n) is 8.00. The van der Waals surface area contributed by atoms with Gasteiger partial charge in [-0.15, -0.1) is 0 Å². The fraction of sp³-hybridized carbons (Fsp3) is 0.300. The molecule has 2 rings (SSSR count). The zero-order valence-corrected chi connectivity index (χ0v) is 15.3. The van der Waals surface area contributed by atoms with Crippen LogP contribution < -0.4 is 10.4 Å². The van der Waals surface area contributed by atoms with Gasteiger partial charge >= 0.3 is 0 Å². The van der Waals surface area contributed by atoms with Crippen molar-refractivity contribution in [2.75, 3.05) is 13.2 Å². The van der Waals surface area contributed by atoms with Crippen LogP contribution >= 0.6 is 0 Å². The molecule has 122 valence electrons. The Balaban J connectivity index is 2.53. The highest BCUT2D eigenvalue weighted by atomic mass is 28.4. The van der Waals surface area contributed by atoms with E-state index in [1.165, 1.54) is 16.6 Å². The van der Waals surface area contributed by atoms with Crippen LogP contribution in [0.3, 0.4) is 0 Å². The molecular formula is C20H26O2Si. The van der Waals surface area contributed by atoms with Gasteiger partial charge in [-0.3, -0.25) is 0 Å². The molecule has 0 fully saturated rings. The van der Waals surface area contributed by atoms with Crippen molar-refractivity contribution >= 4 is 18.7 Å². The molecule has 0 bridgehead atoms. The molecule has 0 aliphatic rings. The minimum atomic E-state index is -2.41. The Morgan fingerprint density at radius 1 is 0.870 bits per heavy atom. The smallest absolute Gasteiger partial charge is 0.261 e. The van der Waals surface area contributed by atoms with Gasteiger partial charge in [0.1, 0.15) is 6.61 Å². The molecule has 0 aliphatic carbocycles. The lowest BCUT2D eigenvalue weighted by Crippen LogP contribution is -2.66. The van der Waals surface area contributed by atoms with Crippen molar-refractivity contribution < 1.29 is 9.16 Å². The Hall–Kier alpha value is -1.84. The van der Waals surface area contributed by atoms with Crippen molar-refractivity contribution in [2.45, 2.75) is 25.8 Å². The molecule has 0 spiro atoms. The standard InChI is InChI=1S/C20H26O2Si/c1-5-21-16-17-22-23(20(2,3)4,18-12-8-6-9-13-18)19-14-10-7-11-15-19/h5-15H,1,16-17H2,2-4H3. The third kappa shape index (κ3) is 3.74. The van der Waals surface area contributed by atoms with E-state index in [9.17, 15) is 0 Å². The van der Waals surface area contributed by atoms with Gasteiger partial charge in [-0.2, -0.15) is 0 Å². The average Bonchev–Trinajstić information content (AvgIpc) is 2.55. The zero-order valence-electron chi connectivity index (χ0n) is 14.3. The third-order valence-electron chi connectivity index (χ3n) is 4.05. The van der Waals surface area contributed by atoms with Gasteiger partial charge in [-0.05, 0) is 15.4 Å². The topological polar surface area (TPSA) is 18.5 Å². The van der Waals surface area contributed by atoms with Gasteiger partial charge in [0, 0.05) is 0 Å². The predicted octanol–water partition coefficient (Wildman–Crippen LogP) is 3.72. The number of rotatable bonds is 7. The first-order chi connectivity index (χ1) is 11.0. The van der Waals surface area contributed by atoms with Gasteiger partial charge in [0.25, 0.3) is 8.32 Å². The van der Waals surface area contributed by atoms with Crippen molar-refractivity contribution in [3.05, 3.63) is 73.5 Å². The van der Waals surface area contributed by atoms with Crippen LogP contribution in [0.25, 0.3) is 0 Å². The molecule has 0 radical (unpaired) electrons. The van der Waals surface area contributed by atoms with E-state index in [0.717, 1.165) is 0 Å². The maximum absolute atomic E-state index is 6.63. The molecule has 0 saturated carbocycles. The molecule has 0 heterocycles. The highest BCUT2D eigenvalue weighted by Crippen LogP contribution is 2.36. The summed E-state index contributed by atoms with van der Waals surface area (Å²) in [6, 6.07) is 21.2. The van der Waals surface area contributed by atoms with Crippen LogP contribution in [0, 0.1) is 0 Å². The molecule has 2 aromatic rings. The molecule has 0 atom stereocenters. The predicted molar refractivity (Wildman–Crippen MR) is 99.7 cm³/mol. The van der Waals surface area contributed by atoms with E-state index in [2.05, 4.69) is 88.0 Å². The molecule has 0 saturated heterocycles. The SMILES string of the molecule is C=COCCO[Si](c1ccccc1)(c1ccccc1)C(C)(C)C. The molecule has 2 nitrogen and oxygen atoms in total. The van der Waals surface area contributed by atoms with E-state index >= 15 is 0 Å². The summed E-state index contributed by atoms with van der Waals surface area (Å²) >= 11 is 0. The van der Waals surface area contributed by atoms with E-state index in [0.29, 0.717) is 13.2 Å². The van der Waals surface area contributed by atoms with Gasteiger partial charge in [-0.25, -0.2) is 0 Å². The lowest BCUT2D eigenvalue weighted by atomic mass is 10.2. The van der Waals surface area contributed by atoms with Crippen LogP contribution in [0.2, 0.25) is 5.04 Å². The van der Waals surface area contributed by atoms with E-state index < -0.39 is 8.32 Å². The van der Waals surface area contributed by atoms with Gasteiger partial charge in [0.15, 0.2) is 0 Å². The number of hydrogen-bond acceptors (Lipinski definition) is 2. The van der Waals surface area contributed by atoms with Crippen molar-refractivity contribution in [3.63, 3.8) is 0 Å². The average molecular weight is 327 g/mol. The normalized spacial score (nSPS) is 12.0. The second-order valence-corrected chi connectivity index (χ2v) is 10.9. The van der Waals surface area contributed by atoms with E-state index in [4.69, 9.17) is 9.16 Å². The van der Waals surface area contributed by atoms with Crippen LogP contribution in [0.5, 0.6) is 0 Å². The van der Waals surface area contributed by atoms with Gasteiger partial charge in [0.05, 0.1) is 12.9 Å². The molecule has 0 N–H and O–H groups in total. The van der Waals surface area contributed by atoms with Crippen LogP contribution in [0.4, 0.5) is 0 Å². The summed E-state index contributed by atoms with van der Waals surface area (Å²) < 4.78 is 11.9. The van der Waals surface area contributed by atoms with Crippen LogP contribution in [-0.2, 0) is 9.16 Å². The lowest BCUT2D eigenvalue weighted by Gasteiger charge is -2.43. The summed E-state index contributed by atoms with van der Waals surface area (Å²) in [5.74, 6) is 0. The summed E-state index contributed by atoms with van der Waals surface area (Å²) in [6.07, 6.45) is 1.47. The molecule has 0 aliphatic heterocycles. The highest BCUT2D eigenvalue weighted by molar-refractivity contribution is 6.99. The minimum Gasteiger partial charge on any atom is -0.499 e. The first kappa shape index (κ1) is 17.5. The molecular weight excluding hydrogens is 300 g/mol. The summed E-state index contributed by atoms with van der Waals surface area (Å²) in [6.45, 7) is 11.5. The van der Waals surface area contributed by atoms with Crippen molar-refractivity contribution in [1.82, 2.24) is 0 Å². The Kier molecular flexibility index (Phi) is 5.80. The summed E-state index contributed by atoms with van der Waals surface area (Å²) in [7, 11) is -2.41. The third-order valence-corrected chi connectivity index (χ3v) is 9.10. The van der Waals surface area contributed by atoms with Crippen molar-refractivity contribution in [2.24, 2.45) is 0 Å². The fourth-order valence-electron chi connectivity index (χ4n) is 3.09. The Labute approximate surface area is 140 Å². The monoisotopic (exact) mass is 326 g/mol. The molecule has 2 aromatic carbocycles. The van der Waals surface area contributed by atoms with Crippen molar-refractivity contribution in [1.29, 1.82) is 0 Å². The molecule has 23 heavy (non-hydrogen) atoms. The number of hydrogen-bond donors (Lipinski definition) is 0. The van der Waals surface area contributed by atoms with Gasteiger partial charge in [0.2, 0.25) is 0 Å². The van der Waals surface area contributed by atoms with Gasteiger partial charge < -0.3 is 9.16 Å². The van der Waals surface area contributed by atoms with Crippen molar-refractivity contribution in [3.8, 4) is 0 Å². The number of benzene rings is 2. The summed E-state index contributed by atoms with van der Waals surface area (Å²) in [5, 5.41) is 2.58. The summed E-state index contributed by atoms with van der Waals surface area (Å²) in [4.78, 5) is 0. The largest absolute Gasteiger partial charge is 0.499 e. The van der Waals surface area contributed by atoms with Crippen LogP contribution in [-0.4, -0.2) is 21.5 Å². The molecule has 0 aromatic heterocycles. The molecule has 3 heteroatoms. The van der Waals surface area contributed by atoms with Crippen LogP contribution in [0.15, 0.2) is 73.5 Å². The molecule has 0 unspecified atom stereocenters. The lowest BCUT2D eigenvalue weighted by molar-refractivity contribution is 0.173.